The zero-order valence-electron chi connectivity index (χ0n) is 20.3. The number of benzene rings is 2. The minimum Gasteiger partial charge on any atom is -0.265 e. The number of pyridine rings is 3. The minimum atomic E-state index is 0.130. The third-order valence-electron chi connectivity index (χ3n) is 7.42. The van der Waals surface area contributed by atoms with Gasteiger partial charge >= 0.3 is 0 Å². The fourth-order valence-electron chi connectivity index (χ4n) is 5.61. The Morgan fingerprint density at radius 1 is 0.605 bits per heavy atom. The molecule has 5 aromatic rings. The fraction of sp³-hybridized carbons (Fsp3) is 0.0606. The van der Waals surface area contributed by atoms with Crippen LogP contribution in [-0.4, -0.2) is 15.0 Å². The summed E-state index contributed by atoms with van der Waals surface area (Å²) >= 11 is 0. The number of allylic oxidation sites excluding steroid dienone is 1. The molecule has 0 aliphatic heterocycles. The van der Waals surface area contributed by atoms with E-state index in [0.29, 0.717) is 5.57 Å². The molecule has 0 radical (unpaired) electrons. The largest absolute Gasteiger partial charge is 0.265 e. The topological polar surface area (TPSA) is 86.2 Å². The average molecular weight is 486 g/mol. The number of aryl methyl sites for hydroxylation is 2. The minimum absolute atomic E-state index is 0.130. The summed E-state index contributed by atoms with van der Waals surface area (Å²) in [7, 11) is 0. The van der Waals surface area contributed by atoms with Crippen LogP contribution in [0.3, 0.4) is 0 Å². The number of hydrogen-bond acceptors (Lipinski definition) is 5. The van der Waals surface area contributed by atoms with E-state index < -0.39 is 0 Å². The number of aromatic nitrogens is 3. The first kappa shape index (κ1) is 21.9. The van der Waals surface area contributed by atoms with Gasteiger partial charge in [-0.3, -0.25) is 15.0 Å². The molecule has 2 aliphatic carbocycles. The third-order valence-corrected chi connectivity index (χ3v) is 7.42. The lowest BCUT2D eigenvalue weighted by atomic mass is 9.89. The van der Waals surface area contributed by atoms with Crippen molar-refractivity contribution >= 4 is 5.57 Å². The first-order valence-electron chi connectivity index (χ1n) is 12.4. The van der Waals surface area contributed by atoms with Gasteiger partial charge in [0.15, 0.2) is 0 Å². The first-order chi connectivity index (χ1) is 18.7. The molecule has 5 heteroatoms. The van der Waals surface area contributed by atoms with Crippen molar-refractivity contribution in [2.75, 3.05) is 0 Å². The number of fused-ring (bicyclic) bond motifs is 6. The number of rotatable bonds is 2. The Hall–Kier alpha value is -5.39. The molecule has 38 heavy (non-hydrogen) atoms. The summed E-state index contributed by atoms with van der Waals surface area (Å²) in [5, 5.41) is 19.3. The standard InChI is InChI=1S/C33H19N5/c34-16-26(17-35)31-29-4-2-1-3-27(29)28-8-7-21(15-30(28)31)25-14-23-6-5-22-13-24(20-9-11-36-12-10-20)18-37-32(22)33(23)38-19-25/h1-4,7-15,18-19H,5-6H2. The molecule has 0 amide bonds. The number of hydrogen-bond donors (Lipinski definition) is 0. The SMILES string of the molecule is N#CC(C#N)=C1c2ccccc2-c2ccc(-c3cnc4c(c3)CCc3cc(-c5ccncc5)cnc3-4)cc21. The summed E-state index contributed by atoms with van der Waals surface area (Å²) in [5.74, 6) is 0. The quantitative estimate of drug-likeness (QED) is 0.252. The maximum atomic E-state index is 9.67. The van der Waals surface area contributed by atoms with E-state index in [0.717, 1.165) is 68.7 Å². The van der Waals surface area contributed by atoms with Crippen LogP contribution >= 0.6 is 0 Å². The van der Waals surface area contributed by atoms with Gasteiger partial charge in [0.25, 0.3) is 0 Å². The zero-order valence-corrected chi connectivity index (χ0v) is 20.3. The Balaban J connectivity index is 1.30. The Labute approximate surface area is 220 Å². The molecule has 0 unspecified atom stereocenters. The Morgan fingerprint density at radius 2 is 1.21 bits per heavy atom. The molecular weight excluding hydrogens is 466 g/mol. The number of nitriles is 2. The monoisotopic (exact) mass is 485 g/mol. The van der Waals surface area contributed by atoms with Gasteiger partial charge in [-0.05, 0) is 87.7 Å². The fourth-order valence-corrected chi connectivity index (χ4v) is 5.61. The van der Waals surface area contributed by atoms with Gasteiger partial charge in [-0.2, -0.15) is 10.5 Å². The van der Waals surface area contributed by atoms with Gasteiger partial charge in [0, 0.05) is 41.5 Å². The lowest BCUT2D eigenvalue weighted by Crippen LogP contribution is -2.08. The molecule has 3 heterocycles. The van der Waals surface area contributed by atoms with Gasteiger partial charge < -0.3 is 0 Å². The summed E-state index contributed by atoms with van der Waals surface area (Å²) < 4.78 is 0. The van der Waals surface area contributed by atoms with E-state index in [2.05, 4.69) is 47.5 Å². The summed E-state index contributed by atoms with van der Waals surface area (Å²) in [5.41, 5.74) is 13.2. The molecule has 0 spiro atoms. The maximum Gasteiger partial charge on any atom is 0.138 e. The van der Waals surface area contributed by atoms with Crippen LogP contribution in [0.1, 0.15) is 22.3 Å². The molecule has 0 saturated heterocycles. The lowest BCUT2D eigenvalue weighted by Gasteiger charge is -2.20. The molecule has 2 aliphatic rings. The Kier molecular flexibility index (Phi) is 4.96. The van der Waals surface area contributed by atoms with Crippen molar-refractivity contribution in [3.8, 4) is 56.9 Å². The van der Waals surface area contributed by atoms with Crippen LogP contribution < -0.4 is 0 Å². The smallest absolute Gasteiger partial charge is 0.138 e. The maximum absolute atomic E-state index is 9.67. The Morgan fingerprint density at radius 3 is 1.87 bits per heavy atom. The predicted octanol–water partition coefficient (Wildman–Crippen LogP) is 6.80. The van der Waals surface area contributed by atoms with Gasteiger partial charge in [-0.1, -0.05) is 36.4 Å². The van der Waals surface area contributed by atoms with E-state index in [1.807, 2.05) is 48.8 Å². The van der Waals surface area contributed by atoms with Gasteiger partial charge in [0.1, 0.15) is 17.7 Å². The highest BCUT2D eigenvalue weighted by Crippen LogP contribution is 2.47. The van der Waals surface area contributed by atoms with Crippen LogP contribution in [0.25, 0.3) is 50.3 Å². The van der Waals surface area contributed by atoms with E-state index in [1.165, 1.54) is 11.1 Å². The van der Waals surface area contributed by atoms with Gasteiger partial charge in [-0.25, -0.2) is 0 Å². The molecule has 0 N–H and O–H groups in total. The molecule has 0 bridgehead atoms. The van der Waals surface area contributed by atoms with Gasteiger partial charge in [0.2, 0.25) is 0 Å². The highest BCUT2D eigenvalue weighted by Gasteiger charge is 2.27. The van der Waals surface area contributed by atoms with E-state index >= 15 is 0 Å². The Bertz CT molecular complexity index is 1870. The van der Waals surface area contributed by atoms with Crippen LogP contribution in [0.2, 0.25) is 0 Å². The summed E-state index contributed by atoms with van der Waals surface area (Å²) in [6.07, 6.45) is 9.19. The van der Waals surface area contributed by atoms with Crippen molar-refractivity contribution in [3.05, 3.63) is 119 Å². The van der Waals surface area contributed by atoms with E-state index in [1.54, 1.807) is 12.4 Å². The third kappa shape index (κ3) is 3.34. The van der Waals surface area contributed by atoms with Crippen molar-refractivity contribution in [2.24, 2.45) is 0 Å². The summed E-state index contributed by atoms with van der Waals surface area (Å²) in [4.78, 5) is 13.8. The molecular formula is C33H19N5. The molecule has 2 aromatic carbocycles. The normalized spacial score (nSPS) is 12.4. The van der Waals surface area contributed by atoms with Crippen LogP contribution in [0, 0.1) is 22.7 Å². The van der Waals surface area contributed by atoms with Crippen LogP contribution in [0.15, 0.2) is 97.1 Å². The van der Waals surface area contributed by atoms with E-state index in [9.17, 15) is 10.5 Å². The molecule has 7 rings (SSSR count). The highest BCUT2D eigenvalue weighted by molar-refractivity contribution is 6.04. The van der Waals surface area contributed by atoms with Crippen molar-refractivity contribution in [1.29, 1.82) is 10.5 Å². The van der Waals surface area contributed by atoms with Crippen LogP contribution in [-0.2, 0) is 12.8 Å². The van der Waals surface area contributed by atoms with E-state index in [-0.39, 0.29) is 5.57 Å². The second-order valence-corrected chi connectivity index (χ2v) is 9.48. The predicted molar refractivity (Wildman–Crippen MR) is 146 cm³/mol. The van der Waals surface area contributed by atoms with Gasteiger partial charge in [0.05, 0.1) is 11.4 Å². The van der Waals surface area contributed by atoms with E-state index in [4.69, 9.17) is 9.97 Å². The first-order valence-corrected chi connectivity index (χ1v) is 12.4. The lowest BCUT2D eigenvalue weighted by molar-refractivity contribution is 0.913. The number of nitrogens with zero attached hydrogens (tertiary/aromatic N) is 5. The van der Waals surface area contributed by atoms with Crippen LogP contribution in [0.5, 0.6) is 0 Å². The molecule has 0 atom stereocenters. The molecule has 0 fully saturated rings. The van der Waals surface area contributed by atoms with Gasteiger partial charge in [-0.15, -0.1) is 0 Å². The molecule has 3 aromatic heterocycles. The van der Waals surface area contributed by atoms with Crippen LogP contribution in [0.4, 0.5) is 0 Å². The zero-order chi connectivity index (χ0) is 25.6. The highest BCUT2D eigenvalue weighted by atomic mass is 14.8. The van der Waals surface area contributed by atoms with Crippen molar-refractivity contribution in [1.82, 2.24) is 15.0 Å². The molecule has 0 saturated carbocycles. The molecule has 176 valence electrons. The van der Waals surface area contributed by atoms with Crippen molar-refractivity contribution < 1.29 is 0 Å². The van der Waals surface area contributed by atoms with Crippen molar-refractivity contribution in [3.63, 3.8) is 0 Å². The van der Waals surface area contributed by atoms with Crippen molar-refractivity contribution in [2.45, 2.75) is 12.8 Å². The average Bonchev–Trinajstić information content (AvgIpc) is 3.31. The summed E-state index contributed by atoms with van der Waals surface area (Å²) in [6, 6.07) is 26.8. The summed E-state index contributed by atoms with van der Waals surface area (Å²) in [6.45, 7) is 0. The molecule has 5 nitrogen and oxygen atoms in total. The second-order valence-electron chi connectivity index (χ2n) is 9.48. The second kappa shape index (κ2) is 8.62.